The number of thiazole rings is 1. The molecule has 0 saturated heterocycles. The van der Waals surface area contributed by atoms with E-state index in [1.54, 1.807) is 49.4 Å². The Morgan fingerprint density at radius 2 is 1.70 bits per heavy atom. The van der Waals surface area contributed by atoms with Crippen molar-refractivity contribution in [3.05, 3.63) is 75.8 Å². The zero-order chi connectivity index (χ0) is 19.1. The zero-order valence-electron chi connectivity index (χ0n) is 14.6. The van der Waals surface area contributed by atoms with Gasteiger partial charge < -0.3 is 0 Å². The van der Waals surface area contributed by atoms with Crippen LogP contribution in [0.1, 0.15) is 42.3 Å². The highest BCUT2D eigenvalue weighted by Gasteiger charge is 2.37. The number of nitrogens with zero attached hydrogens (tertiary/aromatic N) is 2. The smallest absolute Gasteiger partial charge is 0.266 e. The van der Waals surface area contributed by atoms with Crippen LogP contribution in [0.25, 0.3) is 0 Å². The molecule has 6 nitrogen and oxygen atoms in total. The van der Waals surface area contributed by atoms with Crippen molar-refractivity contribution >= 4 is 39.9 Å². The van der Waals surface area contributed by atoms with E-state index < -0.39 is 0 Å². The maximum atomic E-state index is 12.7. The summed E-state index contributed by atoms with van der Waals surface area (Å²) in [6.45, 7) is 3.64. The number of fused-ring (bicyclic) bond motifs is 1. The number of hydrogen-bond acceptors (Lipinski definition) is 5. The van der Waals surface area contributed by atoms with Crippen molar-refractivity contribution in [2.24, 2.45) is 0 Å². The SMILES string of the molecule is Cc1csc(NC(=O)c2ccc(C)c(N3C(=O)c4ccccc4C3=O)c2)n1. The summed E-state index contributed by atoms with van der Waals surface area (Å²) in [6.07, 6.45) is 0. The van der Waals surface area contributed by atoms with Crippen LogP contribution in [0, 0.1) is 13.8 Å². The summed E-state index contributed by atoms with van der Waals surface area (Å²) >= 11 is 1.34. The summed E-state index contributed by atoms with van der Waals surface area (Å²) in [5.74, 6) is -1.11. The molecule has 4 rings (SSSR count). The van der Waals surface area contributed by atoms with Crippen LogP contribution in [-0.4, -0.2) is 22.7 Å². The van der Waals surface area contributed by atoms with E-state index in [1.807, 2.05) is 12.3 Å². The van der Waals surface area contributed by atoms with E-state index in [1.165, 1.54) is 11.3 Å². The highest BCUT2D eigenvalue weighted by Crippen LogP contribution is 2.31. The molecule has 0 radical (unpaired) electrons. The molecule has 7 heteroatoms. The second kappa shape index (κ2) is 6.44. The Kier molecular flexibility index (Phi) is 4.08. The average molecular weight is 377 g/mol. The first-order valence-corrected chi connectivity index (χ1v) is 9.15. The molecule has 3 amide bonds. The number of carbonyl (C=O) groups is 3. The van der Waals surface area contributed by atoms with E-state index in [0.29, 0.717) is 27.5 Å². The Hall–Kier alpha value is -3.32. The summed E-state index contributed by atoms with van der Waals surface area (Å²) < 4.78 is 0. The average Bonchev–Trinajstić information content (AvgIpc) is 3.17. The van der Waals surface area contributed by atoms with Crippen molar-refractivity contribution in [1.82, 2.24) is 4.98 Å². The number of aryl methyl sites for hydroxylation is 2. The Bertz CT molecular complexity index is 1070. The van der Waals surface area contributed by atoms with E-state index >= 15 is 0 Å². The Balaban J connectivity index is 1.68. The quantitative estimate of drug-likeness (QED) is 0.704. The normalized spacial score (nSPS) is 13.0. The maximum Gasteiger partial charge on any atom is 0.266 e. The number of hydrogen-bond donors (Lipinski definition) is 1. The van der Waals surface area contributed by atoms with Crippen LogP contribution in [0.2, 0.25) is 0 Å². The molecule has 2 heterocycles. The third-order valence-electron chi connectivity index (χ3n) is 4.35. The fraction of sp³-hybridized carbons (Fsp3) is 0.100. The molecule has 1 aliphatic rings. The second-order valence-electron chi connectivity index (χ2n) is 6.24. The monoisotopic (exact) mass is 377 g/mol. The lowest BCUT2D eigenvalue weighted by atomic mass is 10.1. The largest absolute Gasteiger partial charge is 0.298 e. The van der Waals surface area contributed by atoms with Crippen LogP contribution in [0.4, 0.5) is 10.8 Å². The minimum Gasteiger partial charge on any atom is -0.298 e. The van der Waals surface area contributed by atoms with E-state index in [-0.39, 0.29) is 17.7 Å². The van der Waals surface area contributed by atoms with Crippen molar-refractivity contribution in [3.8, 4) is 0 Å². The van der Waals surface area contributed by atoms with Gasteiger partial charge in [-0.3, -0.25) is 19.7 Å². The van der Waals surface area contributed by atoms with Crippen molar-refractivity contribution in [2.45, 2.75) is 13.8 Å². The standard InChI is InChI=1S/C20H15N3O3S/c1-11-7-8-13(17(24)22-20-21-12(2)10-27-20)9-16(11)23-18(25)14-5-3-4-6-15(14)19(23)26/h3-10H,1-2H3,(H,21,22,24). The third-order valence-corrected chi connectivity index (χ3v) is 5.22. The van der Waals surface area contributed by atoms with Crippen LogP contribution in [0.5, 0.6) is 0 Å². The molecule has 3 aromatic rings. The van der Waals surface area contributed by atoms with Gasteiger partial charge in [0, 0.05) is 10.9 Å². The van der Waals surface area contributed by atoms with Crippen LogP contribution in [-0.2, 0) is 0 Å². The molecule has 1 aromatic heterocycles. The number of nitrogens with one attached hydrogen (secondary N) is 1. The molecule has 2 aromatic carbocycles. The van der Waals surface area contributed by atoms with Crippen LogP contribution in [0.3, 0.4) is 0 Å². The molecule has 0 aliphatic carbocycles. The molecule has 134 valence electrons. The third kappa shape index (κ3) is 2.92. The summed E-state index contributed by atoms with van der Waals surface area (Å²) in [5.41, 5.74) is 3.05. The summed E-state index contributed by atoms with van der Waals surface area (Å²) in [7, 11) is 0. The maximum absolute atomic E-state index is 12.7. The van der Waals surface area contributed by atoms with Crippen LogP contribution in [0.15, 0.2) is 47.8 Å². The van der Waals surface area contributed by atoms with Crippen molar-refractivity contribution in [2.75, 3.05) is 10.2 Å². The summed E-state index contributed by atoms with van der Waals surface area (Å²) in [6, 6.07) is 11.7. The van der Waals surface area contributed by atoms with Gasteiger partial charge in [-0.25, -0.2) is 9.88 Å². The lowest BCUT2D eigenvalue weighted by Gasteiger charge is -2.17. The highest BCUT2D eigenvalue weighted by molar-refractivity contribution is 7.13. The topological polar surface area (TPSA) is 79.4 Å². The number of anilines is 2. The van der Waals surface area contributed by atoms with Gasteiger partial charge in [0.25, 0.3) is 17.7 Å². The fourth-order valence-electron chi connectivity index (χ4n) is 2.98. The van der Waals surface area contributed by atoms with Crippen LogP contribution < -0.4 is 10.2 Å². The van der Waals surface area contributed by atoms with Gasteiger partial charge in [-0.05, 0) is 43.7 Å². The fourth-order valence-corrected chi connectivity index (χ4v) is 3.66. The van der Waals surface area contributed by atoms with Gasteiger partial charge in [-0.15, -0.1) is 11.3 Å². The molecule has 0 atom stereocenters. The molecule has 0 saturated carbocycles. The predicted molar refractivity (Wildman–Crippen MR) is 104 cm³/mol. The van der Waals surface area contributed by atoms with E-state index in [4.69, 9.17) is 0 Å². The molecule has 1 aliphatic heterocycles. The molecule has 0 unspecified atom stereocenters. The molecule has 0 bridgehead atoms. The van der Waals surface area contributed by atoms with Crippen molar-refractivity contribution in [1.29, 1.82) is 0 Å². The van der Waals surface area contributed by atoms with Gasteiger partial charge in [0.15, 0.2) is 5.13 Å². The second-order valence-corrected chi connectivity index (χ2v) is 7.10. The molecule has 1 N–H and O–H groups in total. The Morgan fingerprint density at radius 3 is 2.30 bits per heavy atom. The summed E-state index contributed by atoms with van der Waals surface area (Å²) in [5, 5.41) is 5.08. The van der Waals surface area contributed by atoms with E-state index in [2.05, 4.69) is 10.3 Å². The van der Waals surface area contributed by atoms with Gasteiger partial charge in [0.05, 0.1) is 22.5 Å². The van der Waals surface area contributed by atoms with E-state index in [9.17, 15) is 14.4 Å². The molecule has 0 spiro atoms. The first-order valence-electron chi connectivity index (χ1n) is 8.27. The number of imide groups is 1. The molecule has 27 heavy (non-hydrogen) atoms. The van der Waals surface area contributed by atoms with Gasteiger partial charge in [0.1, 0.15) is 0 Å². The Labute approximate surface area is 159 Å². The number of benzene rings is 2. The van der Waals surface area contributed by atoms with Gasteiger partial charge in [0.2, 0.25) is 0 Å². The predicted octanol–water partition coefficient (Wildman–Crippen LogP) is 3.81. The number of aromatic nitrogens is 1. The first-order chi connectivity index (χ1) is 13.0. The molecular formula is C20H15N3O3S. The molecular weight excluding hydrogens is 362 g/mol. The minimum absolute atomic E-state index is 0.345. The number of rotatable bonds is 3. The van der Waals surface area contributed by atoms with Crippen molar-refractivity contribution in [3.63, 3.8) is 0 Å². The lowest BCUT2D eigenvalue weighted by molar-refractivity contribution is 0.0923. The highest BCUT2D eigenvalue weighted by atomic mass is 32.1. The molecule has 0 fully saturated rings. The minimum atomic E-state index is -0.383. The Morgan fingerprint density at radius 1 is 1.04 bits per heavy atom. The van der Waals surface area contributed by atoms with Gasteiger partial charge in [-0.1, -0.05) is 18.2 Å². The van der Waals surface area contributed by atoms with Crippen LogP contribution >= 0.6 is 11.3 Å². The lowest BCUT2D eigenvalue weighted by Crippen LogP contribution is -2.30. The van der Waals surface area contributed by atoms with Crippen molar-refractivity contribution < 1.29 is 14.4 Å². The zero-order valence-corrected chi connectivity index (χ0v) is 15.5. The first kappa shape index (κ1) is 17.1. The van der Waals surface area contributed by atoms with Gasteiger partial charge >= 0.3 is 0 Å². The van der Waals surface area contributed by atoms with Gasteiger partial charge in [-0.2, -0.15) is 0 Å². The number of carbonyl (C=O) groups excluding carboxylic acids is 3. The van der Waals surface area contributed by atoms with E-state index in [0.717, 1.165) is 16.2 Å². The summed E-state index contributed by atoms with van der Waals surface area (Å²) in [4.78, 5) is 43.4. The number of amides is 3.